The van der Waals surface area contributed by atoms with Crippen molar-refractivity contribution in [3.8, 4) is 5.75 Å². The number of aromatic nitrogens is 2. The van der Waals surface area contributed by atoms with E-state index >= 15 is 4.39 Å². The minimum atomic E-state index is -0.992. The van der Waals surface area contributed by atoms with Gasteiger partial charge in [0.2, 0.25) is 0 Å². The van der Waals surface area contributed by atoms with E-state index in [1.165, 1.54) is 5.57 Å². The van der Waals surface area contributed by atoms with Crippen molar-refractivity contribution in [3.63, 3.8) is 0 Å². The van der Waals surface area contributed by atoms with Crippen molar-refractivity contribution in [2.75, 3.05) is 6.54 Å². The van der Waals surface area contributed by atoms with Crippen LogP contribution in [0.3, 0.4) is 0 Å². The van der Waals surface area contributed by atoms with Crippen LogP contribution < -0.4 is 16.2 Å². The number of alkyl halides is 1. The summed E-state index contributed by atoms with van der Waals surface area (Å²) in [6.07, 6.45) is 5.61. The predicted molar refractivity (Wildman–Crippen MR) is 115 cm³/mol. The molecule has 1 aromatic carbocycles. The Morgan fingerprint density at radius 1 is 1.23 bits per heavy atom. The number of nitrogens with one attached hydrogen (secondary N) is 4. The van der Waals surface area contributed by atoms with Gasteiger partial charge in [-0.3, -0.25) is 5.43 Å². The summed E-state index contributed by atoms with van der Waals surface area (Å²) >= 11 is 0. The first-order chi connectivity index (χ1) is 14.5. The number of halogens is 1. The number of aryl methyl sites for hydroxylation is 1. The molecule has 2 fully saturated rings. The molecule has 3 aliphatic rings. The maximum absolute atomic E-state index is 15.7. The molecule has 1 saturated carbocycles. The Morgan fingerprint density at radius 2 is 2.10 bits per heavy atom. The third-order valence-corrected chi connectivity index (χ3v) is 7.04. The second-order valence-electron chi connectivity index (χ2n) is 8.86. The minimum absolute atomic E-state index is 0.0270. The molecular formula is C23H30FN5O. The number of aromatic amines is 1. The number of benzene rings is 1. The Kier molecular flexibility index (Phi) is 5.13. The monoisotopic (exact) mass is 411 g/mol. The Bertz CT molecular complexity index is 957. The number of hydrazine groups is 1. The van der Waals surface area contributed by atoms with Crippen molar-refractivity contribution >= 4 is 5.57 Å². The van der Waals surface area contributed by atoms with Crippen molar-refractivity contribution in [1.29, 1.82) is 0 Å². The third kappa shape index (κ3) is 3.35. The highest BCUT2D eigenvalue weighted by atomic mass is 19.1. The van der Waals surface area contributed by atoms with E-state index in [1.54, 1.807) is 12.1 Å². The van der Waals surface area contributed by atoms with Gasteiger partial charge in [0.15, 0.2) is 0 Å². The van der Waals surface area contributed by atoms with Crippen molar-refractivity contribution in [1.82, 2.24) is 26.1 Å². The minimum Gasteiger partial charge on any atom is -0.508 e. The molecule has 5 N–H and O–H groups in total. The summed E-state index contributed by atoms with van der Waals surface area (Å²) in [5.41, 5.74) is 10.9. The molecule has 1 aromatic heterocycles. The number of rotatable bonds is 4. The zero-order valence-corrected chi connectivity index (χ0v) is 17.5. The lowest BCUT2D eigenvalue weighted by Crippen LogP contribution is -2.45. The molecule has 2 aliphatic heterocycles. The lowest BCUT2D eigenvalue weighted by Gasteiger charge is -2.36. The molecule has 6 unspecified atom stereocenters. The van der Waals surface area contributed by atoms with E-state index in [1.807, 2.05) is 19.2 Å². The third-order valence-electron chi connectivity index (χ3n) is 7.04. The Hall–Kier alpha value is -2.22. The van der Waals surface area contributed by atoms with Crippen molar-refractivity contribution < 1.29 is 9.50 Å². The molecule has 0 spiro atoms. The van der Waals surface area contributed by atoms with Crippen LogP contribution in [0.4, 0.5) is 4.39 Å². The van der Waals surface area contributed by atoms with E-state index in [-0.39, 0.29) is 29.7 Å². The summed E-state index contributed by atoms with van der Waals surface area (Å²) in [6.45, 7) is 5.02. The highest BCUT2D eigenvalue weighted by Crippen LogP contribution is 2.45. The van der Waals surface area contributed by atoms with Gasteiger partial charge in [0.1, 0.15) is 17.7 Å². The number of phenolic OH excluding ortho intramolecular Hbond substituents is 1. The number of imidazole rings is 1. The fourth-order valence-corrected chi connectivity index (χ4v) is 5.44. The van der Waals surface area contributed by atoms with Gasteiger partial charge in [0.05, 0.1) is 24.0 Å². The number of H-pyrrole nitrogens is 1. The van der Waals surface area contributed by atoms with Gasteiger partial charge in [0.25, 0.3) is 0 Å². The molecule has 0 radical (unpaired) electrons. The average Bonchev–Trinajstić information content (AvgIpc) is 3.47. The first-order valence-corrected chi connectivity index (χ1v) is 11.0. The lowest BCUT2D eigenvalue weighted by molar-refractivity contribution is 0.135. The molecule has 0 amide bonds. The van der Waals surface area contributed by atoms with Crippen molar-refractivity contribution in [2.45, 2.75) is 63.3 Å². The van der Waals surface area contributed by atoms with E-state index < -0.39 is 6.17 Å². The van der Waals surface area contributed by atoms with E-state index in [2.05, 4.69) is 39.1 Å². The second kappa shape index (κ2) is 7.80. The number of phenols is 1. The molecule has 30 heavy (non-hydrogen) atoms. The quantitative estimate of drug-likeness (QED) is 0.534. The van der Waals surface area contributed by atoms with Gasteiger partial charge >= 0.3 is 0 Å². The van der Waals surface area contributed by atoms with Gasteiger partial charge in [-0.2, -0.15) is 0 Å². The normalized spacial score (nSPS) is 33.5. The van der Waals surface area contributed by atoms with E-state index in [4.69, 9.17) is 0 Å². The van der Waals surface area contributed by atoms with Crippen LogP contribution in [-0.4, -0.2) is 39.9 Å². The van der Waals surface area contributed by atoms with Crippen molar-refractivity contribution in [3.05, 3.63) is 53.1 Å². The largest absolute Gasteiger partial charge is 0.508 e. The number of hydrogen-bond acceptors (Lipinski definition) is 5. The van der Waals surface area contributed by atoms with Gasteiger partial charge in [-0.05, 0) is 55.0 Å². The van der Waals surface area contributed by atoms with Crippen LogP contribution in [0.1, 0.15) is 61.3 Å². The average molecular weight is 412 g/mol. The summed E-state index contributed by atoms with van der Waals surface area (Å²) in [7, 11) is 0. The fraction of sp³-hybridized carbons (Fsp3) is 0.522. The standard InChI is InChI=1S/C23H30FN5O/c1-3-13-9-15(30)4-5-16(13)17-6-7-18-21(20(17)24)28-29-22(18)23-26-11-19(27-23)14-8-12(2)25-10-14/h4-5,8-9,11-12,17-18,20-22,25,28-30H,3,6-7,10H2,1-2H3,(H,26,27). The van der Waals surface area contributed by atoms with Gasteiger partial charge < -0.3 is 15.4 Å². The predicted octanol–water partition coefficient (Wildman–Crippen LogP) is 3.10. The van der Waals surface area contributed by atoms with Crippen LogP contribution in [0.2, 0.25) is 0 Å². The summed E-state index contributed by atoms with van der Waals surface area (Å²) in [4.78, 5) is 8.08. The van der Waals surface area contributed by atoms with Crippen LogP contribution in [0, 0.1) is 5.92 Å². The summed E-state index contributed by atoms with van der Waals surface area (Å²) < 4.78 is 15.7. The van der Waals surface area contributed by atoms with Gasteiger partial charge in [-0.25, -0.2) is 14.8 Å². The molecule has 0 bridgehead atoms. The number of hydrogen-bond donors (Lipinski definition) is 5. The van der Waals surface area contributed by atoms with Gasteiger partial charge in [0, 0.05) is 24.4 Å². The second-order valence-corrected chi connectivity index (χ2v) is 8.86. The van der Waals surface area contributed by atoms with Crippen LogP contribution in [0.25, 0.3) is 5.57 Å². The molecule has 6 atom stereocenters. The number of nitrogens with zero attached hydrogens (tertiary/aromatic N) is 1. The molecular weight excluding hydrogens is 381 g/mol. The van der Waals surface area contributed by atoms with Crippen LogP contribution in [0.15, 0.2) is 30.5 Å². The highest BCUT2D eigenvalue weighted by molar-refractivity contribution is 5.66. The maximum atomic E-state index is 15.7. The smallest absolute Gasteiger partial charge is 0.125 e. The SMILES string of the molecule is CCc1cc(O)ccc1C1CCC2C(c3ncc(C4=CC(C)NC4)[nH]3)NNC2C1F. The van der Waals surface area contributed by atoms with Gasteiger partial charge in [-0.15, -0.1) is 0 Å². The van der Waals surface area contributed by atoms with Crippen LogP contribution in [-0.2, 0) is 6.42 Å². The first-order valence-electron chi connectivity index (χ1n) is 11.0. The fourth-order valence-electron chi connectivity index (χ4n) is 5.44. The molecule has 2 aromatic rings. The number of fused-ring (bicyclic) bond motifs is 1. The number of aromatic hydroxyl groups is 1. The molecule has 1 saturated heterocycles. The molecule has 1 aliphatic carbocycles. The summed E-state index contributed by atoms with van der Waals surface area (Å²) in [5, 5.41) is 13.2. The molecule has 5 rings (SSSR count). The van der Waals surface area contributed by atoms with Gasteiger partial charge in [-0.1, -0.05) is 19.1 Å². The Labute approximate surface area is 176 Å². The molecule has 6 nitrogen and oxygen atoms in total. The van der Waals surface area contributed by atoms with Crippen LogP contribution >= 0.6 is 0 Å². The lowest BCUT2D eigenvalue weighted by atomic mass is 9.71. The Morgan fingerprint density at radius 3 is 2.87 bits per heavy atom. The summed E-state index contributed by atoms with van der Waals surface area (Å²) in [6, 6.07) is 5.44. The van der Waals surface area contributed by atoms with Crippen molar-refractivity contribution in [2.24, 2.45) is 5.92 Å². The van der Waals surface area contributed by atoms with Crippen LogP contribution in [0.5, 0.6) is 5.75 Å². The van der Waals surface area contributed by atoms with E-state index in [0.717, 1.165) is 48.5 Å². The summed E-state index contributed by atoms with van der Waals surface area (Å²) in [5.74, 6) is 1.11. The zero-order valence-electron chi connectivity index (χ0n) is 17.5. The van der Waals surface area contributed by atoms with E-state index in [9.17, 15) is 5.11 Å². The Balaban J connectivity index is 1.34. The maximum Gasteiger partial charge on any atom is 0.125 e. The molecule has 160 valence electrons. The topological polar surface area (TPSA) is 85.0 Å². The highest BCUT2D eigenvalue weighted by Gasteiger charge is 2.48. The molecule has 7 heteroatoms. The first kappa shape index (κ1) is 19.7. The molecule has 3 heterocycles. The van der Waals surface area contributed by atoms with E-state index in [0.29, 0.717) is 6.04 Å². The zero-order chi connectivity index (χ0) is 20.8.